The molecule has 18 heavy (non-hydrogen) atoms. The molecule has 0 aliphatic carbocycles. The molecule has 4 nitrogen and oxygen atoms in total. The molecule has 5 heteroatoms. The molecule has 94 valence electrons. The zero-order chi connectivity index (χ0) is 13.0. The highest BCUT2D eigenvalue weighted by atomic mass is 79.9. The summed E-state index contributed by atoms with van der Waals surface area (Å²) in [7, 11) is 0. The standard InChI is InChI=1S/C13H15BrN4/c1-9-7-16-13(17-8-9)12(18-15)6-10-4-2-3-5-11(10)14/h2-5,7-8,12,18H,6,15H2,1H3. The number of rotatable bonds is 4. The van der Waals surface area contributed by atoms with Crippen LogP contribution in [0.2, 0.25) is 0 Å². The summed E-state index contributed by atoms with van der Waals surface area (Å²) in [6.07, 6.45) is 4.33. The van der Waals surface area contributed by atoms with Gasteiger partial charge in [-0.1, -0.05) is 34.1 Å². The number of hydrogen-bond donors (Lipinski definition) is 2. The number of hydrazine groups is 1. The smallest absolute Gasteiger partial charge is 0.146 e. The Morgan fingerprint density at radius 3 is 2.56 bits per heavy atom. The van der Waals surface area contributed by atoms with Crippen molar-refractivity contribution in [3.8, 4) is 0 Å². The topological polar surface area (TPSA) is 63.8 Å². The Hall–Kier alpha value is -1.30. The van der Waals surface area contributed by atoms with E-state index in [1.54, 1.807) is 12.4 Å². The van der Waals surface area contributed by atoms with Gasteiger partial charge in [-0.2, -0.15) is 0 Å². The average Bonchev–Trinajstić information content (AvgIpc) is 2.39. The van der Waals surface area contributed by atoms with Gasteiger partial charge in [-0.15, -0.1) is 0 Å². The van der Waals surface area contributed by atoms with Crippen LogP contribution in [0.5, 0.6) is 0 Å². The van der Waals surface area contributed by atoms with E-state index in [-0.39, 0.29) is 6.04 Å². The van der Waals surface area contributed by atoms with Crippen molar-refractivity contribution in [3.63, 3.8) is 0 Å². The highest BCUT2D eigenvalue weighted by Gasteiger charge is 2.14. The molecule has 2 aromatic rings. The molecule has 0 saturated heterocycles. The Labute approximate surface area is 115 Å². The summed E-state index contributed by atoms with van der Waals surface area (Å²) in [6.45, 7) is 1.96. The van der Waals surface area contributed by atoms with Crippen molar-refractivity contribution in [2.24, 2.45) is 5.84 Å². The minimum absolute atomic E-state index is 0.0932. The van der Waals surface area contributed by atoms with Crippen LogP contribution in [0, 0.1) is 6.92 Å². The third kappa shape index (κ3) is 3.13. The lowest BCUT2D eigenvalue weighted by molar-refractivity contribution is 0.521. The Bertz CT molecular complexity index is 513. The monoisotopic (exact) mass is 306 g/mol. The summed E-state index contributed by atoms with van der Waals surface area (Å²) in [5, 5.41) is 0. The van der Waals surface area contributed by atoms with Crippen LogP contribution in [0.15, 0.2) is 41.1 Å². The van der Waals surface area contributed by atoms with Gasteiger partial charge in [-0.25, -0.2) is 15.4 Å². The molecule has 0 bridgehead atoms. The molecular weight excluding hydrogens is 292 g/mol. The number of benzene rings is 1. The summed E-state index contributed by atoms with van der Waals surface area (Å²) >= 11 is 3.53. The Morgan fingerprint density at radius 1 is 1.28 bits per heavy atom. The van der Waals surface area contributed by atoms with Crippen LogP contribution in [0.1, 0.15) is 23.0 Å². The minimum atomic E-state index is -0.0932. The van der Waals surface area contributed by atoms with Crippen LogP contribution in [0.25, 0.3) is 0 Å². The van der Waals surface area contributed by atoms with Gasteiger partial charge in [-0.3, -0.25) is 5.84 Å². The maximum Gasteiger partial charge on any atom is 0.146 e. The van der Waals surface area contributed by atoms with E-state index in [0.717, 1.165) is 16.5 Å². The second-order valence-electron chi connectivity index (χ2n) is 4.13. The lowest BCUT2D eigenvalue weighted by Crippen LogP contribution is -2.31. The lowest BCUT2D eigenvalue weighted by Gasteiger charge is -2.15. The number of halogens is 1. The first-order valence-corrected chi connectivity index (χ1v) is 6.48. The molecule has 0 spiro atoms. The van der Waals surface area contributed by atoms with Crippen LogP contribution in [0.4, 0.5) is 0 Å². The van der Waals surface area contributed by atoms with E-state index in [1.165, 1.54) is 5.56 Å². The summed E-state index contributed by atoms with van der Waals surface area (Å²) < 4.78 is 1.07. The van der Waals surface area contributed by atoms with Gasteiger partial charge in [0.05, 0.1) is 6.04 Å². The van der Waals surface area contributed by atoms with Crippen LogP contribution in [-0.4, -0.2) is 9.97 Å². The fourth-order valence-electron chi connectivity index (χ4n) is 1.69. The summed E-state index contributed by atoms with van der Waals surface area (Å²) in [5.41, 5.74) is 4.98. The van der Waals surface area contributed by atoms with Gasteiger partial charge < -0.3 is 0 Å². The fourth-order valence-corrected chi connectivity index (χ4v) is 2.14. The highest BCUT2D eigenvalue weighted by molar-refractivity contribution is 9.10. The van der Waals surface area contributed by atoms with Crippen LogP contribution in [0.3, 0.4) is 0 Å². The molecule has 1 heterocycles. The van der Waals surface area contributed by atoms with E-state index >= 15 is 0 Å². The molecular formula is C13H15BrN4. The average molecular weight is 307 g/mol. The van der Waals surface area contributed by atoms with Crippen molar-refractivity contribution < 1.29 is 0 Å². The first-order chi connectivity index (χ1) is 8.70. The Morgan fingerprint density at radius 2 is 1.94 bits per heavy atom. The van der Waals surface area contributed by atoms with Gasteiger partial charge in [0.25, 0.3) is 0 Å². The summed E-state index contributed by atoms with van der Waals surface area (Å²) in [6, 6.07) is 7.97. The SMILES string of the molecule is Cc1cnc(C(Cc2ccccc2Br)NN)nc1. The van der Waals surface area contributed by atoms with Crippen molar-refractivity contribution in [2.75, 3.05) is 0 Å². The summed E-state index contributed by atoms with van der Waals surface area (Å²) in [5.74, 6) is 6.30. The molecule has 2 rings (SSSR count). The third-order valence-electron chi connectivity index (χ3n) is 2.70. The molecule has 0 aliphatic heterocycles. The van der Waals surface area contributed by atoms with E-state index in [0.29, 0.717) is 5.82 Å². The molecule has 3 N–H and O–H groups in total. The van der Waals surface area contributed by atoms with Gasteiger partial charge in [-0.05, 0) is 30.5 Å². The maximum atomic E-state index is 5.60. The molecule has 1 unspecified atom stereocenters. The maximum absolute atomic E-state index is 5.60. The van der Waals surface area contributed by atoms with Crippen LogP contribution >= 0.6 is 15.9 Å². The summed E-state index contributed by atoms with van der Waals surface area (Å²) in [4.78, 5) is 8.61. The second-order valence-corrected chi connectivity index (χ2v) is 4.99. The van der Waals surface area contributed by atoms with Gasteiger partial charge in [0.15, 0.2) is 0 Å². The molecule has 1 aromatic carbocycles. The van der Waals surface area contributed by atoms with Crippen LogP contribution < -0.4 is 11.3 Å². The van der Waals surface area contributed by atoms with Crippen molar-refractivity contribution >= 4 is 15.9 Å². The number of nitrogens with zero attached hydrogens (tertiary/aromatic N) is 2. The Balaban J connectivity index is 2.20. The van der Waals surface area contributed by atoms with Crippen molar-refractivity contribution in [3.05, 3.63) is 58.1 Å². The molecule has 1 atom stereocenters. The van der Waals surface area contributed by atoms with E-state index in [9.17, 15) is 0 Å². The molecule has 0 saturated carbocycles. The lowest BCUT2D eigenvalue weighted by atomic mass is 10.1. The number of nitrogens with one attached hydrogen (secondary N) is 1. The Kier molecular flexibility index (Phi) is 4.41. The quantitative estimate of drug-likeness (QED) is 0.672. The zero-order valence-electron chi connectivity index (χ0n) is 10.1. The number of hydrogen-bond acceptors (Lipinski definition) is 4. The van der Waals surface area contributed by atoms with E-state index in [4.69, 9.17) is 5.84 Å². The number of aromatic nitrogens is 2. The van der Waals surface area contributed by atoms with Gasteiger partial charge in [0.1, 0.15) is 5.82 Å². The predicted octanol–water partition coefficient (Wildman–Crippen LogP) is 2.29. The largest absolute Gasteiger partial charge is 0.271 e. The first kappa shape index (κ1) is 13.1. The highest BCUT2D eigenvalue weighted by Crippen LogP contribution is 2.21. The number of nitrogens with two attached hydrogens (primary N) is 1. The van der Waals surface area contributed by atoms with Crippen molar-refractivity contribution in [1.29, 1.82) is 0 Å². The predicted molar refractivity (Wildman–Crippen MR) is 74.7 cm³/mol. The van der Waals surface area contributed by atoms with Crippen molar-refractivity contribution in [2.45, 2.75) is 19.4 Å². The third-order valence-corrected chi connectivity index (χ3v) is 3.47. The zero-order valence-corrected chi connectivity index (χ0v) is 11.7. The fraction of sp³-hybridized carbons (Fsp3) is 0.231. The first-order valence-electron chi connectivity index (χ1n) is 5.69. The molecule has 0 aliphatic rings. The number of aryl methyl sites for hydroxylation is 1. The molecule has 0 radical (unpaired) electrons. The van der Waals surface area contributed by atoms with E-state index in [1.807, 2.05) is 25.1 Å². The van der Waals surface area contributed by atoms with E-state index in [2.05, 4.69) is 37.4 Å². The molecule has 1 aromatic heterocycles. The second kappa shape index (κ2) is 6.04. The van der Waals surface area contributed by atoms with Gasteiger partial charge in [0.2, 0.25) is 0 Å². The van der Waals surface area contributed by atoms with Gasteiger partial charge >= 0.3 is 0 Å². The molecule has 0 fully saturated rings. The van der Waals surface area contributed by atoms with E-state index < -0.39 is 0 Å². The van der Waals surface area contributed by atoms with Gasteiger partial charge in [0, 0.05) is 16.9 Å². The molecule has 0 amide bonds. The van der Waals surface area contributed by atoms with Crippen LogP contribution in [-0.2, 0) is 6.42 Å². The van der Waals surface area contributed by atoms with Crippen molar-refractivity contribution in [1.82, 2.24) is 15.4 Å². The normalized spacial score (nSPS) is 12.4. The minimum Gasteiger partial charge on any atom is -0.271 e.